The first kappa shape index (κ1) is 11.9. The highest BCUT2D eigenvalue weighted by Crippen LogP contribution is 2.19. The molecule has 2 unspecified atom stereocenters. The van der Waals surface area contributed by atoms with Crippen LogP contribution in [0.4, 0.5) is 0 Å². The Morgan fingerprint density at radius 3 is 3.06 bits per heavy atom. The third kappa shape index (κ3) is 2.95. The lowest BCUT2D eigenvalue weighted by atomic mass is 9.92. The molecule has 0 aromatic rings. The van der Waals surface area contributed by atoms with Crippen LogP contribution in [0.2, 0.25) is 0 Å². The fourth-order valence-corrected chi connectivity index (χ4v) is 2.58. The zero-order chi connectivity index (χ0) is 11.4. The summed E-state index contributed by atoms with van der Waals surface area (Å²) in [6.45, 7) is 6.28. The van der Waals surface area contributed by atoms with Gasteiger partial charge in [-0.3, -0.25) is 4.79 Å². The van der Waals surface area contributed by atoms with Gasteiger partial charge in [-0.15, -0.1) is 0 Å². The number of carbonyl (C=O) groups excluding carboxylic acids is 1. The number of ether oxygens (including phenoxy) is 1. The van der Waals surface area contributed by atoms with Gasteiger partial charge in [-0.2, -0.15) is 0 Å². The second-order valence-electron chi connectivity index (χ2n) is 4.87. The lowest BCUT2D eigenvalue weighted by molar-refractivity contribution is -0.136. The topological polar surface area (TPSA) is 41.6 Å². The summed E-state index contributed by atoms with van der Waals surface area (Å²) in [5.41, 5.74) is 0. The predicted molar refractivity (Wildman–Crippen MR) is 62.2 cm³/mol. The fraction of sp³-hybridized carbons (Fsp3) is 0.917. The van der Waals surface area contributed by atoms with Gasteiger partial charge in [0.25, 0.3) is 0 Å². The Labute approximate surface area is 97.3 Å². The smallest absolute Gasteiger partial charge is 0.225 e. The summed E-state index contributed by atoms with van der Waals surface area (Å²) < 4.78 is 5.38. The summed E-state index contributed by atoms with van der Waals surface area (Å²) in [4.78, 5) is 14.3. The molecule has 2 heterocycles. The van der Waals surface area contributed by atoms with Crippen molar-refractivity contribution in [1.29, 1.82) is 0 Å². The minimum Gasteiger partial charge on any atom is -0.380 e. The third-order valence-corrected chi connectivity index (χ3v) is 3.51. The van der Waals surface area contributed by atoms with Crippen molar-refractivity contribution in [3.63, 3.8) is 0 Å². The van der Waals surface area contributed by atoms with Crippen molar-refractivity contribution in [3.05, 3.63) is 0 Å². The normalized spacial score (nSPS) is 32.2. The number of amides is 1. The van der Waals surface area contributed by atoms with E-state index in [1.54, 1.807) is 0 Å². The van der Waals surface area contributed by atoms with Gasteiger partial charge in [0.05, 0.1) is 6.61 Å². The largest absolute Gasteiger partial charge is 0.380 e. The van der Waals surface area contributed by atoms with E-state index in [1.165, 1.54) is 0 Å². The van der Waals surface area contributed by atoms with Crippen LogP contribution in [0.1, 0.15) is 26.2 Å². The summed E-state index contributed by atoms with van der Waals surface area (Å²) >= 11 is 0. The van der Waals surface area contributed by atoms with Gasteiger partial charge in [-0.1, -0.05) is 0 Å². The molecular formula is C12H22N2O2. The first-order valence-electron chi connectivity index (χ1n) is 6.37. The second kappa shape index (κ2) is 5.64. The van der Waals surface area contributed by atoms with Gasteiger partial charge in [-0.05, 0) is 32.7 Å². The molecule has 0 saturated carbocycles. The minimum absolute atomic E-state index is 0.231. The maximum Gasteiger partial charge on any atom is 0.225 e. The molecule has 1 N–H and O–H groups in total. The second-order valence-corrected chi connectivity index (χ2v) is 4.87. The Hall–Kier alpha value is -0.610. The van der Waals surface area contributed by atoms with Crippen LogP contribution in [-0.4, -0.2) is 49.7 Å². The molecule has 16 heavy (non-hydrogen) atoms. The predicted octanol–water partition coefficient (Wildman–Crippen LogP) is 0.623. The van der Waals surface area contributed by atoms with Crippen LogP contribution in [-0.2, 0) is 9.53 Å². The summed E-state index contributed by atoms with van der Waals surface area (Å²) in [6.07, 6.45) is 2.95. The Morgan fingerprint density at radius 1 is 1.38 bits per heavy atom. The zero-order valence-electron chi connectivity index (χ0n) is 10.1. The van der Waals surface area contributed by atoms with Crippen molar-refractivity contribution in [2.75, 3.05) is 32.8 Å². The highest BCUT2D eigenvalue weighted by atomic mass is 16.5. The van der Waals surface area contributed by atoms with Crippen LogP contribution < -0.4 is 5.32 Å². The fourth-order valence-electron chi connectivity index (χ4n) is 2.58. The molecule has 4 heteroatoms. The van der Waals surface area contributed by atoms with E-state index in [4.69, 9.17) is 4.74 Å². The van der Waals surface area contributed by atoms with Crippen molar-refractivity contribution in [2.45, 2.75) is 32.2 Å². The van der Waals surface area contributed by atoms with Crippen molar-refractivity contribution >= 4 is 5.91 Å². The zero-order valence-corrected chi connectivity index (χ0v) is 10.1. The van der Waals surface area contributed by atoms with Gasteiger partial charge < -0.3 is 15.0 Å². The first-order chi connectivity index (χ1) is 7.77. The van der Waals surface area contributed by atoms with Crippen LogP contribution in [0.15, 0.2) is 0 Å². The molecule has 0 aromatic heterocycles. The molecule has 0 bridgehead atoms. The van der Waals surface area contributed by atoms with E-state index in [0.717, 1.165) is 45.5 Å². The van der Waals surface area contributed by atoms with Crippen molar-refractivity contribution in [3.8, 4) is 0 Å². The first-order valence-corrected chi connectivity index (χ1v) is 6.37. The van der Waals surface area contributed by atoms with Gasteiger partial charge in [0.2, 0.25) is 5.91 Å². The van der Waals surface area contributed by atoms with Gasteiger partial charge in [0.15, 0.2) is 0 Å². The molecule has 2 atom stereocenters. The standard InChI is InChI=1S/C12H22N2O2/c1-10-9-11(3-4-13-10)12(15)14-5-2-7-16-8-6-14/h10-11,13H,2-9H2,1H3. The molecule has 4 nitrogen and oxygen atoms in total. The van der Waals surface area contributed by atoms with Crippen molar-refractivity contribution in [1.82, 2.24) is 10.2 Å². The number of piperidine rings is 1. The van der Waals surface area contributed by atoms with Gasteiger partial charge >= 0.3 is 0 Å². The molecular weight excluding hydrogens is 204 g/mol. The molecule has 0 aliphatic carbocycles. The van der Waals surface area contributed by atoms with Crippen LogP contribution in [0.5, 0.6) is 0 Å². The van der Waals surface area contributed by atoms with Crippen molar-refractivity contribution < 1.29 is 9.53 Å². The molecule has 92 valence electrons. The number of rotatable bonds is 1. The molecule has 0 radical (unpaired) electrons. The Bertz CT molecular complexity index is 233. The number of hydrogen-bond acceptors (Lipinski definition) is 3. The Kier molecular flexibility index (Phi) is 4.18. The highest BCUT2D eigenvalue weighted by Gasteiger charge is 2.28. The van der Waals surface area contributed by atoms with Crippen LogP contribution in [0.25, 0.3) is 0 Å². The number of nitrogens with one attached hydrogen (secondary N) is 1. The lowest BCUT2D eigenvalue weighted by Crippen LogP contribution is -2.44. The van der Waals surface area contributed by atoms with Gasteiger partial charge in [-0.25, -0.2) is 0 Å². The quantitative estimate of drug-likeness (QED) is 0.713. The van der Waals surface area contributed by atoms with Gasteiger partial charge in [0, 0.05) is 31.7 Å². The summed E-state index contributed by atoms with van der Waals surface area (Å²) in [7, 11) is 0. The molecule has 2 aliphatic rings. The highest BCUT2D eigenvalue weighted by molar-refractivity contribution is 5.79. The van der Waals surface area contributed by atoms with Crippen LogP contribution in [0.3, 0.4) is 0 Å². The van der Waals surface area contributed by atoms with E-state index in [0.29, 0.717) is 18.6 Å². The van der Waals surface area contributed by atoms with Gasteiger partial charge in [0.1, 0.15) is 0 Å². The van der Waals surface area contributed by atoms with E-state index >= 15 is 0 Å². The number of nitrogens with zero attached hydrogens (tertiary/aromatic N) is 1. The molecule has 2 rings (SSSR count). The Balaban J connectivity index is 1.89. The van der Waals surface area contributed by atoms with E-state index in [2.05, 4.69) is 12.2 Å². The van der Waals surface area contributed by atoms with Crippen LogP contribution in [0, 0.1) is 5.92 Å². The van der Waals surface area contributed by atoms with Crippen molar-refractivity contribution in [2.24, 2.45) is 5.92 Å². The Morgan fingerprint density at radius 2 is 2.25 bits per heavy atom. The number of carbonyl (C=O) groups is 1. The van der Waals surface area contributed by atoms with E-state index in [-0.39, 0.29) is 5.92 Å². The third-order valence-electron chi connectivity index (χ3n) is 3.51. The molecule has 0 aromatic carbocycles. The molecule has 1 amide bonds. The minimum atomic E-state index is 0.231. The molecule has 0 spiro atoms. The van der Waals surface area contributed by atoms with E-state index in [9.17, 15) is 4.79 Å². The maximum atomic E-state index is 12.3. The van der Waals surface area contributed by atoms with E-state index < -0.39 is 0 Å². The molecule has 2 aliphatic heterocycles. The lowest BCUT2D eigenvalue weighted by Gasteiger charge is -2.31. The monoisotopic (exact) mass is 226 g/mol. The molecule has 2 fully saturated rings. The average molecular weight is 226 g/mol. The SMILES string of the molecule is CC1CC(C(=O)N2CCCOCC2)CCN1. The number of hydrogen-bond donors (Lipinski definition) is 1. The maximum absolute atomic E-state index is 12.3. The summed E-state index contributed by atoms with van der Waals surface area (Å²) in [5.74, 6) is 0.577. The average Bonchev–Trinajstić information content (AvgIpc) is 2.56. The summed E-state index contributed by atoms with van der Waals surface area (Å²) in [5, 5.41) is 3.39. The van der Waals surface area contributed by atoms with E-state index in [1.807, 2.05) is 4.90 Å². The summed E-state index contributed by atoms with van der Waals surface area (Å²) in [6, 6.07) is 0.478. The van der Waals surface area contributed by atoms with Crippen LogP contribution >= 0.6 is 0 Å². The molecule has 2 saturated heterocycles.